The summed E-state index contributed by atoms with van der Waals surface area (Å²) in [6.45, 7) is 12.8. The number of ether oxygens (including phenoxy) is 1. The van der Waals surface area contributed by atoms with Crippen LogP contribution in [0.1, 0.15) is 51.9 Å². The maximum atomic E-state index is 12.2. The molecule has 0 fully saturated rings. The molecule has 1 heterocycles. The van der Waals surface area contributed by atoms with Crippen molar-refractivity contribution in [3.05, 3.63) is 82.3 Å². The minimum absolute atomic E-state index is 0.0503. The largest absolute Gasteiger partial charge is 0.465 e. The highest BCUT2D eigenvalue weighted by Gasteiger charge is 2.28. The first kappa shape index (κ1) is 20.3. The van der Waals surface area contributed by atoms with Gasteiger partial charge in [0.25, 0.3) is 0 Å². The van der Waals surface area contributed by atoms with E-state index in [4.69, 9.17) is 16.3 Å². The van der Waals surface area contributed by atoms with Gasteiger partial charge in [-0.15, -0.1) is 0 Å². The van der Waals surface area contributed by atoms with Gasteiger partial charge in [-0.1, -0.05) is 65.3 Å². The van der Waals surface area contributed by atoms with Gasteiger partial charge in [-0.2, -0.15) is 0 Å². The molecule has 3 heteroatoms. The van der Waals surface area contributed by atoms with Crippen molar-refractivity contribution in [2.75, 3.05) is 0 Å². The molecular weight excluding hydrogens is 344 g/mol. The van der Waals surface area contributed by atoms with Crippen LogP contribution in [0, 0.1) is 10.8 Å². The van der Waals surface area contributed by atoms with Gasteiger partial charge < -0.3 is 4.74 Å². The maximum Gasteiger partial charge on any atom is 0.185 e. The number of carbonyl (C=O) groups excluding carboxylic acids is 1. The third-order valence-corrected chi connectivity index (χ3v) is 4.21. The van der Waals surface area contributed by atoms with Crippen molar-refractivity contribution in [1.82, 2.24) is 0 Å². The molecule has 0 saturated heterocycles. The zero-order valence-electron chi connectivity index (χ0n) is 16.4. The molecule has 0 aliphatic carbocycles. The summed E-state index contributed by atoms with van der Waals surface area (Å²) in [5.41, 5.74) is 1.46. The minimum atomic E-state index is -0.0906. The number of allylic oxidation sites excluding steroid dienone is 8. The fourth-order valence-electron chi connectivity index (χ4n) is 2.31. The van der Waals surface area contributed by atoms with Crippen LogP contribution in [0.3, 0.4) is 0 Å². The summed E-state index contributed by atoms with van der Waals surface area (Å²) in [4.78, 5) is 12.2. The molecule has 138 valence electrons. The van der Waals surface area contributed by atoms with Crippen molar-refractivity contribution in [3.63, 3.8) is 0 Å². The number of hydrogen-bond donors (Lipinski definition) is 0. The summed E-state index contributed by atoms with van der Waals surface area (Å²) in [7, 11) is 0. The Kier molecular flexibility index (Phi) is 5.98. The zero-order valence-corrected chi connectivity index (χ0v) is 17.1. The monoisotopic (exact) mass is 370 g/mol. The summed E-state index contributed by atoms with van der Waals surface area (Å²) >= 11 is 5.86. The summed E-state index contributed by atoms with van der Waals surface area (Å²) in [5, 5.41) is 0.620. The standard InChI is InChI=1S/C23H27ClO2/c1-22(2,3)20-14-16(15-21(26-20)23(4,5)6)8-7-9-19(25)17-10-12-18(24)13-11-17/h7-15H,1-6H3/b9-7+. The van der Waals surface area contributed by atoms with Gasteiger partial charge in [0, 0.05) is 21.4 Å². The van der Waals surface area contributed by atoms with E-state index in [1.807, 2.05) is 18.2 Å². The molecule has 0 atom stereocenters. The summed E-state index contributed by atoms with van der Waals surface area (Å²) in [6, 6.07) is 6.89. The fourth-order valence-corrected chi connectivity index (χ4v) is 2.44. The highest BCUT2D eigenvalue weighted by Crippen LogP contribution is 2.38. The average Bonchev–Trinajstić information content (AvgIpc) is 2.53. The summed E-state index contributed by atoms with van der Waals surface area (Å²) in [5.74, 6) is 1.80. The first-order valence-corrected chi connectivity index (χ1v) is 9.15. The molecule has 1 aliphatic rings. The van der Waals surface area contributed by atoms with Crippen molar-refractivity contribution in [2.45, 2.75) is 41.5 Å². The maximum absolute atomic E-state index is 12.2. The first-order chi connectivity index (χ1) is 12.0. The topological polar surface area (TPSA) is 26.3 Å². The van der Waals surface area contributed by atoms with Gasteiger partial charge in [0.1, 0.15) is 11.5 Å². The number of ketones is 1. The van der Waals surface area contributed by atoms with Gasteiger partial charge in [0.15, 0.2) is 5.78 Å². The molecule has 0 unspecified atom stereocenters. The predicted octanol–water partition coefficient (Wildman–Crippen LogP) is 6.90. The van der Waals surface area contributed by atoms with E-state index in [0.29, 0.717) is 10.6 Å². The smallest absolute Gasteiger partial charge is 0.185 e. The van der Waals surface area contributed by atoms with Crippen LogP contribution in [0.5, 0.6) is 0 Å². The lowest BCUT2D eigenvalue weighted by atomic mass is 9.87. The SMILES string of the molecule is CC(C)(C)C1=CC(=C/C=C/C(=O)c2ccc(Cl)cc2)C=C(C(C)(C)C)O1. The van der Waals surface area contributed by atoms with Gasteiger partial charge in [-0.05, 0) is 48.1 Å². The Balaban J connectivity index is 2.26. The van der Waals surface area contributed by atoms with Crippen LogP contribution in [0.25, 0.3) is 0 Å². The van der Waals surface area contributed by atoms with Crippen LogP contribution in [-0.4, -0.2) is 5.78 Å². The van der Waals surface area contributed by atoms with Crippen LogP contribution < -0.4 is 0 Å². The third kappa shape index (κ3) is 5.47. The molecule has 26 heavy (non-hydrogen) atoms. The lowest BCUT2D eigenvalue weighted by Crippen LogP contribution is -2.21. The molecule has 1 aliphatic heterocycles. The van der Waals surface area contributed by atoms with Gasteiger partial charge >= 0.3 is 0 Å². The summed E-state index contributed by atoms with van der Waals surface area (Å²) < 4.78 is 6.13. The number of halogens is 1. The Hall–Kier alpha value is -2.06. The fraction of sp³-hybridized carbons (Fsp3) is 0.348. The number of rotatable bonds is 3. The van der Waals surface area contributed by atoms with Crippen LogP contribution >= 0.6 is 11.6 Å². The number of benzene rings is 1. The second-order valence-electron chi connectivity index (χ2n) is 8.52. The molecule has 1 aromatic rings. The van der Waals surface area contributed by atoms with Gasteiger partial charge in [0.05, 0.1) is 0 Å². The highest BCUT2D eigenvalue weighted by atomic mass is 35.5. The first-order valence-electron chi connectivity index (χ1n) is 8.77. The zero-order chi connectivity index (χ0) is 19.5. The second kappa shape index (κ2) is 7.67. The Morgan fingerprint density at radius 2 is 1.42 bits per heavy atom. The van der Waals surface area contributed by atoms with E-state index in [0.717, 1.165) is 17.1 Å². The normalized spacial score (nSPS) is 15.4. The molecule has 0 bridgehead atoms. The molecule has 0 saturated carbocycles. The third-order valence-electron chi connectivity index (χ3n) is 3.96. The highest BCUT2D eigenvalue weighted by molar-refractivity contribution is 6.30. The molecule has 0 N–H and O–H groups in total. The van der Waals surface area contributed by atoms with Crippen molar-refractivity contribution in [3.8, 4) is 0 Å². The van der Waals surface area contributed by atoms with Crippen molar-refractivity contribution < 1.29 is 9.53 Å². The van der Waals surface area contributed by atoms with Crippen LogP contribution in [0.15, 0.2) is 71.7 Å². The molecule has 0 amide bonds. The van der Waals surface area contributed by atoms with E-state index in [2.05, 4.69) is 41.5 Å². The van der Waals surface area contributed by atoms with Gasteiger partial charge in [-0.25, -0.2) is 0 Å². The lowest BCUT2D eigenvalue weighted by molar-refractivity contribution is 0.104. The number of hydrogen-bond acceptors (Lipinski definition) is 2. The van der Waals surface area contributed by atoms with E-state index in [-0.39, 0.29) is 16.6 Å². The minimum Gasteiger partial charge on any atom is -0.465 e. The molecule has 2 rings (SSSR count). The van der Waals surface area contributed by atoms with Crippen molar-refractivity contribution in [2.24, 2.45) is 10.8 Å². The average molecular weight is 371 g/mol. The quantitative estimate of drug-likeness (QED) is 0.427. The summed E-state index contributed by atoms with van der Waals surface area (Å²) in [6.07, 6.45) is 9.36. The van der Waals surface area contributed by atoms with Gasteiger partial charge in [-0.3, -0.25) is 4.79 Å². The van der Waals surface area contributed by atoms with E-state index < -0.39 is 0 Å². The molecule has 0 spiro atoms. The van der Waals surface area contributed by atoms with Crippen LogP contribution in [-0.2, 0) is 4.74 Å². The molecule has 0 radical (unpaired) electrons. The molecule has 1 aromatic carbocycles. The van der Waals surface area contributed by atoms with Gasteiger partial charge in [0.2, 0.25) is 0 Å². The molecule has 0 aromatic heterocycles. The van der Waals surface area contributed by atoms with E-state index >= 15 is 0 Å². The number of carbonyl (C=O) groups is 1. The van der Waals surface area contributed by atoms with Crippen molar-refractivity contribution >= 4 is 17.4 Å². The van der Waals surface area contributed by atoms with E-state index in [1.54, 1.807) is 36.4 Å². The Bertz CT molecular complexity index is 760. The van der Waals surface area contributed by atoms with E-state index in [1.165, 1.54) is 0 Å². The Morgan fingerprint density at radius 1 is 0.923 bits per heavy atom. The van der Waals surface area contributed by atoms with E-state index in [9.17, 15) is 4.79 Å². The Morgan fingerprint density at radius 3 is 1.88 bits per heavy atom. The molecule has 2 nitrogen and oxygen atoms in total. The van der Waals surface area contributed by atoms with Crippen LogP contribution in [0.4, 0.5) is 0 Å². The van der Waals surface area contributed by atoms with Crippen molar-refractivity contribution in [1.29, 1.82) is 0 Å². The second-order valence-corrected chi connectivity index (χ2v) is 8.95. The predicted molar refractivity (Wildman–Crippen MR) is 109 cm³/mol. The molecular formula is C23H27ClO2. The lowest BCUT2D eigenvalue weighted by Gasteiger charge is -2.32. The van der Waals surface area contributed by atoms with Crippen LogP contribution in [0.2, 0.25) is 5.02 Å². The Labute approximate surface area is 161 Å².